The predicted octanol–water partition coefficient (Wildman–Crippen LogP) is 3.16. The minimum absolute atomic E-state index is 0.121. The SMILES string of the molecule is Fc1cc(Cl)c(F)c(CC2CCNCC2)c1. The highest BCUT2D eigenvalue weighted by Crippen LogP contribution is 2.25. The second-order valence-corrected chi connectivity index (χ2v) is 4.67. The van der Waals surface area contributed by atoms with Crippen molar-refractivity contribution in [1.29, 1.82) is 0 Å². The molecule has 1 N–H and O–H groups in total. The minimum Gasteiger partial charge on any atom is -0.317 e. The maximum Gasteiger partial charge on any atom is 0.145 e. The molecule has 1 aromatic carbocycles. The summed E-state index contributed by atoms with van der Waals surface area (Å²) in [5, 5.41) is 3.12. The first-order valence-corrected chi connectivity index (χ1v) is 5.89. The summed E-state index contributed by atoms with van der Waals surface area (Å²) in [7, 11) is 0. The van der Waals surface area contributed by atoms with Crippen LogP contribution >= 0.6 is 11.6 Å². The van der Waals surface area contributed by atoms with Crippen LogP contribution in [0.2, 0.25) is 5.02 Å². The van der Waals surface area contributed by atoms with Gasteiger partial charge in [0.25, 0.3) is 0 Å². The molecule has 4 heteroatoms. The number of hydrogen-bond acceptors (Lipinski definition) is 1. The standard InChI is InChI=1S/C12H14ClF2N/c13-11-7-10(14)6-9(12(11)15)5-8-1-3-16-4-2-8/h6-8,16H,1-5H2. The predicted molar refractivity (Wildman–Crippen MR) is 60.7 cm³/mol. The molecular weight excluding hydrogens is 232 g/mol. The zero-order valence-corrected chi connectivity index (χ0v) is 9.66. The van der Waals surface area contributed by atoms with Crippen LogP contribution in [0.15, 0.2) is 12.1 Å². The van der Waals surface area contributed by atoms with Crippen LogP contribution in [0.3, 0.4) is 0 Å². The van der Waals surface area contributed by atoms with Crippen LogP contribution in [-0.2, 0) is 6.42 Å². The summed E-state index contributed by atoms with van der Waals surface area (Å²) in [5.74, 6) is -0.509. The van der Waals surface area contributed by atoms with Gasteiger partial charge in [-0.1, -0.05) is 11.6 Å². The number of halogens is 3. The maximum atomic E-state index is 13.6. The van der Waals surface area contributed by atoms with E-state index >= 15 is 0 Å². The van der Waals surface area contributed by atoms with Crippen molar-refractivity contribution in [3.8, 4) is 0 Å². The number of hydrogen-bond donors (Lipinski definition) is 1. The monoisotopic (exact) mass is 245 g/mol. The number of piperidine rings is 1. The highest BCUT2D eigenvalue weighted by Gasteiger charge is 2.17. The molecule has 1 heterocycles. The van der Waals surface area contributed by atoms with Gasteiger partial charge in [0, 0.05) is 0 Å². The summed E-state index contributed by atoms with van der Waals surface area (Å²) < 4.78 is 26.7. The summed E-state index contributed by atoms with van der Waals surface area (Å²) in [6.45, 7) is 1.91. The van der Waals surface area contributed by atoms with Gasteiger partial charge >= 0.3 is 0 Å². The van der Waals surface area contributed by atoms with Gasteiger partial charge in [0.15, 0.2) is 0 Å². The van der Waals surface area contributed by atoms with Crippen molar-refractivity contribution in [2.45, 2.75) is 19.3 Å². The van der Waals surface area contributed by atoms with Gasteiger partial charge in [-0.3, -0.25) is 0 Å². The van der Waals surface area contributed by atoms with Gasteiger partial charge in [0.2, 0.25) is 0 Å². The lowest BCUT2D eigenvalue weighted by Crippen LogP contribution is -2.28. The molecule has 1 aliphatic heterocycles. The van der Waals surface area contributed by atoms with Crippen molar-refractivity contribution >= 4 is 11.6 Å². The van der Waals surface area contributed by atoms with Gasteiger partial charge in [-0.15, -0.1) is 0 Å². The Kier molecular flexibility index (Phi) is 3.77. The molecule has 88 valence electrons. The highest BCUT2D eigenvalue weighted by atomic mass is 35.5. The second kappa shape index (κ2) is 5.11. The molecule has 0 radical (unpaired) electrons. The first-order chi connectivity index (χ1) is 7.66. The fraction of sp³-hybridized carbons (Fsp3) is 0.500. The molecule has 0 unspecified atom stereocenters. The van der Waals surface area contributed by atoms with Gasteiger partial charge in [0.1, 0.15) is 11.6 Å². The molecular formula is C12H14ClF2N. The van der Waals surface area contributed by atoms with Crippen molar-refractivity contribution in [3.63, 3.8) is 0 Å². The van der Waals surface area contributed by atoms with Crippen molar-refractivity contribution in [2.24, 2.45) is 5.92 Å². The summed E-state index contributed by atoms with van der Waals surface area (Å²) in [5.41, 5.74) is 0.400. The molecule has 1 fully saturated rings. The zero-order valence-electron chi connectivity index (χ0n) is 8.90. The van der Waals surface area contributed by atoms with Gasteiger partial charge in [-0.25, -0.2) is 8.78 Å². The van der Waals surface area contributed by atoms with E-state index in [0.717, 1.165) is 32.0 Å². The van der Waals surface area contributed by atoms with Crippen LogP contribution in [-0.4, -0.2) is 13.1 Å². The van der Waals surface area contributed by atoms with Crippen LogP contribution < -0.4 is 5.32 Å². The molecule has 1 saturated heterocycles. The van der Waals surface area contributed by atoms with E-state index < -0.39 is 11.6 Å². The lowest BCUT2D eigenvalue weighted by atomic mass is 9.91. The molecule has 0 saturated carbocycles. The van der Waals surface area contributed by atoms with Crippen LogP contribution in [0.5, 0.6) is 0 Å². The van der Waals surface area contributed by atoms with E-state index in [0.29, 0.717) is 17.9 Å². The van der Waals surface area contributed by atoms with Crippen LogP contribution in [0, 0.1) is 17.6 Å². The molecule has 16 heavy (non-hydrogen) atoms. The van der Waals surface area contributed by atoms with Crippen molar-refractivity contribution in [3.05, 3.63) is 34.4 Å². The molecule has 0 spiro atoms. The van der Waals surface area contributed by atoms with E-state index in [1.54, 1.807) is 0 Å². The average Bonchev–Trinajstić information content (AvgIpc) is 2.27. The largest absolute Gasteiger partial charge is 0.317 e. The Labute approximate surface area is 98.8 Å². The Morgan fingerprint density at radius 2 is 1.94 bits per heavy atom. The molecule has 2 rings (SSSR count). The molecule has 1 nitrogen and oxygen atoms in total. The van der Waals surface area contributed by atoms with Crippen molar-refractivity contribution < 1.29 is 8.78 Å². The second-order valence-electron chi connectivity index (χ2n) is 4.26. The zero-order chi connectivity index (χ0) is 11.5. The lowest BCUT2D eigenvalue weighted by molar-refractivity contribution is 0.368. The minimum atomic E-state index is -0.471. The molecule has 0 atom stereocenters. The first-order valence-electron chi connectivity index (χ1n) is 5.51. The van der Waals surface area contributed by atoms with Gasteiger partial charge < -0.3 is 5.32 Å². The molecule has 0 amide bonds. The number of nitrogens with one attached hydrogen (secondary N) is 1. The Morgan fingerprint density at radius 1 is 1.25 bits per heavy atom. The van der Waals surface area contributed by atoms with Crippen LogP contribution in [0.25, 0.3) is 0 Å². The molecule has 1 aromatic rings. The first kappa shape index (κ1) is 11.8. The molecule has 0 aromatic heterocycles. The fourth-order valence-corrected chi connectivity index (χ4v) is 2.38. The Hall–Kier alpha value is -0.670. The fourth-order valence-electron chi connectivity index (χ4n) is 2.15. The quantitative estimate of drug-likeness (QED) is 0.790. The third-order valence-corrected chi connectivity index (χ3v) is 3.31. The third kappa shape index (κ3) is 2.71. The average molecular weight is 246 g/mol. The Morgan fingerprint density at radius 3 is 2.62 bits per heavy atom. The van der Waals surface area contributed by atoms with Gasteiger partial charge in [0.05, 0.1) is 5.02 Å². The van der Waals surface area contributed by atoms with Crippen molar-refractivity contribution in [1.82, 2.24) is 5.32 Å². The van der Waals surface area contributed by atoms with E-state index in [1.165, 1.54) is 6.07 Å². The van der Waals surface area contributed by atoms with Crippen molar-refractivity contribution in [2.75, 3.05) is 13.1 Å². The van der Waals surface area contributed by atoms with E-state index in [2.05, 4.69) is 5.32 Å². The summed E-state index contributed by atoms with van der Waals surface area (Å²) in [4.78, 5) is 0. The lowest BCUT2D eigenvalue weighted by Gasteiger charge is -2.22. The summed E-state index contributed by atoms with van der Waals surface area (Å²) in [6, 6.07) is 2.27. The van der Waals surface area contributed by atoms with E-state index in [-0.39, 0.29) is 5.02 Å². The Balaban J connectivity index is 2.13. The summed E-state index contributed by atoms with van der Waals surface area (Å²) in [6.07, 6.45) is 2.59. The normalized spacial score (nSPS) is 17.7. The third-order valence-electron chi connectivity index (χ3n) is 3.04. The summed E-state index contributed by atoms with van der Waals surface area (Å²) >= 11 is 5.61. The van der Waals surface area contributed by atoms with E-state index in [1.807, 2.05) is 0 Å². The maximum absolute atomic E-state index is 13.6. The van der Waals surface area contributed by atoms with Gasteiger partial charge in [-0.2, -0.15) is 0 Å². The molecule has 1 aliphatic rings. The van der Waals surface area contributed by atoms with E-state index in [4.69, 9.17) is 11.6 Å². The number of rotatable bonds is 2. The highest BCUT2D eigenvalue weighted by molar-refractivity contribution is 6.30. The Bertz CT molecular complexity index is 376. The molecule has 0 bridgehead atoms. The van der Waals surface area contributed by atoms with E-state index in [9.17, 15) is 8.78 Å². The smallest absolute Gasteiger partial charge is 0.145 e. The van der Waals surface area contributed by atoms with Crippen LogP contribution in [0.4, 0.5) is 8.78 Å². The molecule has 0 aliphatic carbocycles. The number of benzene rings is 1. The van der Waals surface area contributed by atoms with Crippen LogP contribution in [0.1, 0.15) is 18.4 Å². The topological polar surface area (TPSA) is 12.0 Å². The van der Waals surface area contributed by atoms with Gasteiger partial charge in [-0.05, 0) is 56.0 Å².